The van der Waals surface area contributed by atoms with E-state index in [4.69, 9.17) is 10.5 Å². The van der Waals surface area contributed by atoms with E-state index < -0.39 is 34.5 Å². The first-order valence-electron chi connectivity index (χ1n) is 7.86. The minimum atomic E-state index is -4.08. The van der Waals surface area contributed by atoms with Gasteiger partial charge in [0.25, 0.3) is 5.91 Å². The quantitative estimate of drug-likeness (QED) is 0.356. The van der Waals surface area contributed by atoms with E-state index in [1.54, 1.807) is 30.3 Å². The number of fused-ring (bicyclic) bond motifs is 1. The highest BCUT2D eigenvalue weighted by molar-refractivity contribution is 7.89. The summed E-state index contributed by atoms with van der Waals surface area (Å²) in [7, 11) is -4.08. The van der Waals surface area contributed by atoms with E-state index in [1.807, 2.05) is 0 Å². The van der Waals surface area contributed by atoms with Crippen molar-refractivity contribution in [3.8, 4) is 0 Å². The number of rotatable bonds is 7. The van der Waals surface area contributed by atoms with Gasteiger partial charge in [-0.2, -0.15) is 4.72 Å². The molecule has 0 radical (unpaired) electrons. The van der Waals surface area contributed by atoms with Crippen LogP contribution >= 0.6 is 0 Å². The minimum Gasteiger partial charge on any atom is -0.446 e. The van der Waals surface area contributed by atoms with Crippen LogP contribution in [-0.2, 0) is 24.3 Å². The Labute approximate surface area is 158 Å². The van der Waals surface area contributed by atoms with Crippen molar-refractivity contribution in [3.63, 3.8) is 0 Å². The molecule has 0 aliphatic carbocycles. The zero-order valence-corrected chi connectivity index (χ0v) is 15.0. The summed E-state index contributed by atoms with van der Waals surface area (Å²) in [6.07, 6.45) is -1.34. The predicted octanol–water partition coefficient (Wildman–Crippen LogP) is -0.283. The molecule has 28 heavy (non-hydrogen) atoms. The van der Waals surface area contributed by atoms with Gasteiger partial charge < -0.3 is 15.7 Å². The Hall–Kier alpha value is -3.51. The lowest BCUT2D eigenvalue weighted by atomic mass is 10.1. The highest BCUT2D eigenvalue weighted by Crippen LogP contribution is 2.18. The molecule has 1 atom stereocenters. The molecule has 4 N–H and O–H groups in total. The van der Waals surface area contributed by atoms with Gasteiger partial charge in [0.2, 0.25) is 16.1 Å². The molecule has 1 aromatic heterocycles. The molecule has 11 nitrogen and oxygen atoms in total. The lowest BCUT2D eigenvalue weighted by molar-refractivity contribution is -0.154. The van der Waals surface area contributed by atoms with Crippen LogP contribution in [0.15, 0.2) is 53.4 Å². The Kier molecular flexibility index (Phi) is 5.24. The van der Waals surface area contributed by atoms with Gasteiger partial charge in [-0.25, -0.2) is 8.42 Å². The summed E-state index contributed by atoms with van der Waals surface area (Å²) in [5.74, 6) is -1.88. The summed E-state index contributed by atoms with van der Waals surface area (Å²) in [5, 5.41) is 16.4. The van der Waals surface area contributed by atoms with Crippen molar-refractivity contribution >= 4 is 32.9 Å². The van der Waals surface area contributed by atoms with Gasteiger partial charge in [0.1, 0.15) is 17.6 Å². The highest BCUT2D eigenvalue weighted by atomic mass is 32.2. The number of hydrogen-bond donors (Lipinski definition) is 3. The molecule has 2 aromatic carbocycles. The number of ether oxygens (including phenoxy) is 1. The van der Waals surface area contributed by atoms with Crippen molar-refractivity contribution in [3.05, 3.63) is 54.1 Å². The van der Waals surface area contributed by atoms with Crippen LogP contribution in [0.1, 0.15) is 11.7 Å². The van der Waals surface area contributed by atoms with Crippen molar-refractivity contribution in [2.24, 2.45) is 5.73 Å². The summed E-state index contributed by atoms with van der Waals surface area (Å²) in [6, 6.07) is 11.8. The fraction of sp³-hybridized carbons (Fsp3) is 0.125. The van der Waals surface area contributed by atoms with Crippen LogP contribution in [0.3, 0.4) is 0 Å². The number of esters is 1. The molecule has 0 aliphatic rings. The number of nitrogens with two attached hydrogens (primary N) is 1. The molecular weight excluding hydrogens is 390 g/mol. The lowest BCUT2D eigenvalue weighted by Gasteiger charge is -2.15. The molecule has 0 aliphatic heterocycles. The summed E-state index contributed by atoms with van der Waals surface area (Å²) >= 11 is 0. The third kappa shape index (κ3) is 4.07. The predicted molar refractivity (Wildman–Crippen MR) is 94.4 cm³/mol. The number of sulfonamides is 1. The fourth-order valence-electron chi connectivity index (χ4n) is 2.39. The molecule has 3 aromatic rings. The molecule has 0 bridgehead atoms. The number of aromatic nitrogens is 3. The second-order valence-corrected chi connectivity index (χ2v) is 7.40. The van der Waals surface area contributed by atoms with E-state index in [9.17, 15) is 23.2 Å². The van der Waals surface area contributed by atoms with E-state index in [2.05, 4.69) is 15.0 Å². The van der Waals surface area contributed by atoms with Crippen molar-refractivity contribution in [1.82, 2.24) is 19.9 Å². The average Bonchev–Trinajstić information content (AvgIpc) is 3.05. The van der Waals surface area contributed by atoms with Gasteiger partial charge in [-0.1, -0.05) is 35.2 Å². The molecule has 0 unspecified atom stereocenters. The SMILES string of the molecule is NC(=O)[C@@H](OC(=O)CNS(=O)(=O)c1ccc2c(c1)nnn2O)c1ccccc1. The van der Waals surface area contributed by atoms with Gasteiger partial charge in [-0.3, -0.25) is 9.59 Å². The summed E-state index contributed by atoms with van der Waals surface area (Å²) in [5.41, 5.74) is 5.98. The zero-order chi connectivity index (χ0) is 20.3. The van der Waals surface area contributed by atoms with Gasteiger partial charge in [0.15, 0.2) is 0 Å². The second kappa shape index (κ2) is 7.62. The normalized spacial score (nSPS) is 12.6. The maximum absolute atomic E-state index is 12.3. The Morgan fingerprint density at radius 2 is 1.93 bits per heavy atom. The highest BCUT2D eigenvalue weighted by Gasteiger charge is 2.24. The number of nitrogens with zero attached hydrogens (tertiary/aromatic N) is 3. The van der Waals surface area contributed by atoms with Gasteiger partial charge in [0, 0.05) is 5.56 Å². The van der Waals surface area contributed by atoms with E-state index in [0.29, 0.717) is 10.4 Å². The van der Waals surface area contributed by atoms with E-state index >= 15 is 0 Å². The topological polar surface area (TPSA) is 166 Å². The number of carbonyl (C=O) groups is 2. The van der Waals surface area contributed by atoms with Crippen LogP contribution in [0.25, 0.3) is 11.0 Å². The third-order valence-electron chi connectivity index (χ3n) is 3.73. The fourth-order valence-corrected chi connectivity index (χ4v) is 3.38. The first kappa shape index (κ1) is 19.3. The Bertz CT molecular complexity index is 1130. The van der Waals surface area contributed by atoms with Crippen molar-refractivity contribution in [2.75, 3.05) is 6.54 Å². The molecule has 0 saturated carbocycles. The van der Waals surface area contributed by atoms with Crippen molar-refractivity contribution in [2.45, 2.75) is 11.0 Å². The van der Waals surface area contributed by atoms with Gasteiger partial charge in [-0.15, -0.1) is 5.10 Å². The average molecular weight is 405 g/mol. The standard InChI is InChI=1S/C16H15N5O6S/c17-16(23)15(10-4-2-1-3-5-10)27-14(22)9-18-28(25,26)11-6-7-13-12(8-11)19-20-21(13)24/h1-8,15,18,24H,9H2,(H2,17,23)/t15-/m0/s1. The maximum atomic E-state index is 12.3. The number of amides is 1. The summed E-state index contributed by atoms with van der Waals surface area (Å²) < 4.78 is 31.8. The van der Waals surface area contributed by atoms with E-state index in [1.165, 1.54) is 18.2 Å². The molecule has 1 heterocycles. The number of hydrogen-bond acceptors (Lipinski definition) is 8. The number of primary amides is 1. The van der Waals surface area contributed by atoms with E-state index in [0.717, 1.165) is 0 Å². The Morgan fingerprint density at radius 1 is 1.21 bits per heavy atom. The third-order valence-corrected chi connectivity index (χ3v) is 5.13. The van der Waals surface area contributed by atoms with Crippen LogP contribution in [0.4, 0.5) is 0 Å². The molecule has 0 spiro atoms. The van der Waals surface area contributed by atoms with Crippen LogP contribution in [0.2, 0.25) is 0 Å². The molecule has 0 fully saturated rings. The molecule has 0 saturated heterocycles. The van der Waals surface area contributed by atoms with Crippen LogP contribution in [-0.4, -0.2) is 47.2 Å². The molecular formula is C16H15N5O6S. The van der Waals surface area contributed by atoms with Gasteiger partial charge in [0.05, 0.1) is 4.90 Å². The van der Waals surface area contributed by atoms with Crippen LogP contribution < -0.4 is 10.5 Å². The molecule has 12 heteroatoms. The van der Waals surface area contributed by atoms with Gasteiger partial charge >= 0.3 is 5.97 Å². The van der Waals surface area contributed by atoms with Crippen molar-refractivity contribution < 1.29 is 28.0 Å². The zero-order valence-electron chi connectivity index (χ0n) is 14.2. The maximum Gasteiger partial charge on any atom is 0.322 e. The largest absolute Gasteiger partial charge is 0.446 e. The molecule has 1 amide bonds. The molecule has 3 rings (SSSR count). The smallest absolute Gasteiger partial charge is 0.322 e. The Balaban J connectivity index is 1.69. The molecule has 146 valence electrons. The van der Waals surface area contributed by atoms with E-state index in [-0.39, 0.29) is 15.9 Å². The lowest BCUT2D eigenvalue weighted by Crippen LogP contribution is -2.34. The van der Waals surface area contributed by atoms with Crippen LogP contribution in [0, 0.1) is 0 Å². The number of carbonyl (C=O) groups excluding carboxylic acids is 2. The number of benzene rings is 2. The van der Waals surface area contributed by atoms with Crippen molar-refractivity contribution in [1.29, 1.82) is 0 Å². The Morgan fingerprint density at radius 3 is 2.61 bits per heavy atom. The van der Waals surface area contributed by atoms with Gasteiger partial charge in [-0.05, 0) is 23.4 Å². The van der Waals surface area contributed by atoms with Crippen LogP contribution in [0.5, 0.6) is 0 Å². The summed E-state index contributed by atoms with van der Waals surface area (Å²) in [6.45, 7) is -0.719. The monoisotopic (exact) mass is 405 g/mol. The first-order valence-corrected chi connectivity index (χ1v) is 9.34. The number of nitrogens with one attached hydrogen (secondary N) is 1. The first-order chi connectivity index (χ1) is 13.3. The minimum absolute atomic E-state index is 0.144. The summed E-state index contributed by atoms with van der Waals surface area (Å²) in [4.78, 5) is 23.9. The second-order valence-electron chi connectivity index (χ2n) is 5.64.